The first-order valence-electron chi connectivity index (χ1n) is 8.37. The third-order valence-electron chi connectivity index (χ3n) is 4.47. The van der Waals surface area contributed by atoms with E-state index in [0.29, 0.717) is 11.7 Å². The first kappa shape index (κ1) is 16.2. The maximum absolute atomic E-state index is 5.50. The molecule has 25 heavy (non-hydrogen) atoms. The molecule has 3 aromatic rings. The van der Waals surface area contributed by atoms with Crippen molar-refractivity contribution in [3.8, 4) is 10.7 Å². The van der Waals surface area contributed by atoms with Crippen molar-refractivity contribution in [2.24, 2.45) is 0 Å². The summed E-state index contributed by atoms with van der Waals surface area (Å²) in [6, 6.07) is 6.01. The second-order valence-corrected chi connectivity index (χ2v) is 7.08. The van der Waals surface area contributed by atoms with E-state index in [1.807, 2.05) is 36.7 Å². The lowest BCUT2D eigenvalue weighted by Gasteiger charge is -2.36. The van der Waals surface area contributed by atoms with Crippen LogP contribution in [0.2, 0.25) is 0 Å². The van der Waals surface area contributed by atoms with Gasteiger partial charge >= 0.3 is 0 Å². The summed E-state index contributed by atoms with van der Waals surface area (Å²) < 4.78 is 5.50. The molecule has 1 saturated heterocycles. The van der Waals surface area contributed by atoms with Gasteiger partial charge < -0.3 is 9.42 Å². The zero-order valence-corrected chi connectivity index (χ0v) is 15.1. The lowest BCUT2D eigenvalue weighted by molar-refractivity contribution is 0.163. The van der Waals surface area contributed by atoms with Crippen molar-refractivity contribution in [1.29, 1.82) is 0 Å². The molecule has 1 fully saturated rings. The Bertz CT molecular complexity index is 825. The minimum atomic E-state index is 0.0989. The van der Waals surface area contributed by atoms with Gasteiger partial charge in [-0.2, -0.15) is 4.98 Å². The van der Waals surface area contributed by atoms with E-state index >= 15 is 0 Å². The Balaban J connectivity index is 1.40. The molecule has 0 N–H and O–H groups in total. The standard InChI is InChI=1S/C17H20N6OS/c1-12-5-6-18-17(19-12)23-9-7-22(8-10-23)13(2)16-20-15(21-24-16)14-4-3-11-25-14/h3-6,11,13H,7-10H2,1-2H3. The number of piperazine rings is 1. The smallest absolute Gasteiger partial charge is 0.244 e. The van der Waals surface area contributed by atoms with Crippen LogP contribution < -0.4 is 4.90 Å². The van der Waals surface area contributed by atoms with Gasteiger partial charge in [-0.05, 0) is 31.4 Å². The Morgan fingerprint density at radius 2 is 2.00 bits per heavy atom. The van der Waals surface area contributed by atoms with Crippen molar-refractivity contribution < 1.29 is 4.52 Å². The molecule has 0 spiro atoms. The highest BCUT2D eigenvalue weighted by molar-refractivity contribution is 7.13. The molecule has 4 rings (SSSR count). The summed E-state index contributed by atoms with van der Waals surface area (Å²) in [7, 11) is 0. The van der Waals surface area contributed by atoms with Crippen LogP contribution in [0.1, 0.15) is 24.6 Å². The number of aromatic nitrogens is 4. The lowest BCUT2D eigenvalue weighted by atomic mass is 10.2. The van der Waals surface area contributed by atoms with E-state index < -0.39 is 0 Å². The van der Waals surface area contributed by atoms with Crippen LogP contribution in [0.3, 0.4) is 0 Å². The Morgan fingerprint density at radius 3 is 2.72 bits per heavy atom. The van der Waals surface area contributed by atoms with Crippen molar-refractivity contribution >= 4 is 17.3 Å². The SMILES string of the molecule is Cc1ccnc(N2CCN(C(C)c3nc(-c4cccs4)no3)CC2)n1. The third kappa shape index (κ3) is 3.40. The predicted octanol–water partition coefficient (Wildman–Crippen LogP) is 2.78. The Labute approximate surface area is 150 Å². The van der Waals surface area contributed by atoms with Gasteiger partial charge in [-0.25, -0.2) is 9.97 Å². The molecule has 0 aliphatic carbocycles. The zero-order chi connectivity index (χ0) is 17.2. The Morgan fingerprint density at radius 1 is 1.16 bits per heavy atom. The van der Waals surface area contributed by atoms with Crippen molar-refractivity contribution in [3.63, 3.8) is 0 Å². The van der Waals surface area contributed by atoms with E-state index in [2.05, 4.69) is 36.8 Å². The Kier molecular flexibility index (Phi) is 4.46. The van der Waals surface area contributed by atoms with Crippen LogP contribution in [0.5, 0.6) is 0 Å². The van der Waals surface area contributed by atoms with Crippen molar-refractivity contribution in [2.45, 2.75) is 19.9 Å². The summed E-state index contributed by atoms with van der Waals surface area (Å²) in [5, 5.41) is 6.13. The summed E-state index contributed by atoms with van der Waals surface area (Å²) in [4.78, 5) is 19.1. The van der Waals surface area contributed by atoms with Gasteiger partial charge in [0.05, 0.1) is 10.9 Å². The van der Waals surface area contributed by atoms with Gasteiger partial charge in [0, 0.05) is 38.1 Å². The molecule has 1 aliphatic rings. The molecule has 0 radical (unpaired) electrons. The number of thiophene rings is 1. The molecule has 0 saturated carbocycles. The number of rotatable bonds is 4. The van der Waals surface area contributed by atoms with Crippen molar-refractivity contribution in [2.75, 3.05) is 31.1 Å². The van der Waals surface area contributed by atoms with Crippen LogP contribution in [0, 0.1) is 6.92 Å². The van der Waals surface area contributed by atoms with Gasteiger partial charge in [0.15, 0.2) is 0 Å². The highest BCUT2D eigenvalue weighted by Gasteiger charge is 2.27. The van der Waals surface area contributed by atoms with E-state index in [4.69, 9.17) is 4.52 Å². The first-order valence-corrected chi connectivity index (χ1v) is 9.25. The fourth-order valence-electron chi connectivity index (χ4n) is 2.96. The fourth-order valence-corrected chi connectivity index (χ4v) is 3.61. The summed E-state index contributed by atoms with van der Waals surface area (Å²) in [5.74, 6) is 2.15. The van der Waals surface area contributed by atoms with E-state index in [9.17, 15) is 0 Å². The number of hydrogen-bond donors (Lipinski definition) is 0. The molecule has 130 valence electrons. The summed E-state index contributed by atoms with van der Waals surface area (Å²) in [6.07, 6.45) is 1.82. The first-order chi connectivity index (χ1) is 12.2. The van der Waals surface area contributed by atoms with Crippen LogP contribution >= 0.6 is 11.3 Å². The van der Waals surface area contributed by atoms with E-state index in [1.54, 1.807) is 11.3 Å². The van der Waals surface area contributed by atoms with Gasteiger partial charge in [-0.1, -0.05) is 11.2 Å². The maximum atomic E-state index is 5.50. The summed E-state index contributed by atoms with van der Waals surface area (Å²) >= 11 is 1.62. The second-order valence-electron chi connectivity index (χ2n) is 6.13. The molecule has 0 bridgehead atoms. The monoisotopic (exact) mass is 356 g/mol. The molecular weight excluding hydrogens is 336 g/mol. The average molecular weight is 356 g/mol. The quantitative estimate of drug-likeness (QED) is 0.712. The predicted molar refractivity (Wildman–Crippen MR) is 96.6 cm³/mol. The van der Waals surface area contributed by atoms with Crippen LogP contribution in [0.4, 0.5) is 5.95 Å². The van der Waals surface area contributed by atoms with Gasteiger partial charge in [0.25, 0.3) is 0 Å². The van der Waals surface area contributed by atoms with E-state index in [1.165, 1.54) is 0 Å². The van der Waals surface area contributed by atoms with Gasteiger partial charge in [-0.15, -0.1) is 11.3 Å². The van der Waals surface area contributed by atoms with E-state index in [-0.39, 0.29) is 6.04 Å². The van der Waals surface area contributed by atoms with Crippen molar-refractivity contribution in [3.05, 3.63) is 41.4 Å². The van der Waals surface area contributed by atoms with Crippen LogP contribution in [-0.4, -0.2) is 51.2 Å². The molecule has 7 nitrogen and oxygen atoms in total. The molecule has 1 unspecified atom stereocenters. The number of hydrogen-bond acceptors (Lipinski definition) is 8. The van der Waals surface area contributed by atoms with Gasteiger partial charge in [0.2, 0.25) is 17.7 Å². The molecule has 1 atom stereocenters. The minimum absolute atomic E-state index is 0.0989. The topological polar surface area (TPSA) is 71.2 Å². The van der Waals surface area contributed by atoms with Gasteiger partial charge in [-0.3, -0.25) is 4.90 Å². The highest BCUT2D eigenvalue weighted by Crippen LogP contribution is 2.26. The maximum Gasteiger partial charge on any atom is 0.244 e. The molecule has 1 aliphatic heterocycles. The van der Waals surface area contributed by atoms with Crippen LogP contribution in [0.15, 0.2) is 34.3 Å². The lowest BCUT2D eigenvalue weighted by Crippen LogP contribution is -2.47. The molecule has 3 aromatic heterocycles. The van der Waals surface area contributed by atoms with Crippen LogP contribution in [0.25, 0.3) is 10.7 Å². The summed E-state index contributed by atoms with van der Waals surface area (Å²) in [6.45, 7) is 7.71. The molecule has 0 amide bonds. The summed E-state index contributed by atoms with van der Waals surface area (Å²) in [5.41, 5.74) is 0.993. The highest BCUT2D eigenvalue weighted by atomic mass is 32.1. The minimum Gasteiger partial charge on any atom is -0.338 e. The third-order valence-corrected chi connectivity index (χ3v) is 5.33. The molecule has 4 heterocycles. The largest absolute Gasteiger partial charge is 0.338 e. The molecule has 8 heteroatoms. The van der Waals surface area contributed by atoms with Gasteiger partial charge in [0.1, 0.15) is 0 Å². The number of anilines is 1. The number of nitrogens with zero attached hydrogens (tertiary/aromatic N) is 6. The van der Waals surface area contributed by atoms with Crippen LogP contribution in [-0.2, 0) is 0 Å². The van der Waals surface area contributed by atoms with Crippen molar-refractivity contribution in [1.82, 2.24) is 25.0 Å². The number of aryl methyl sites for hydroxylation is 1. The Hall–Kier alpha value is -2.32. The molecular formula is C17H20N6OS. The fraction of sp³-hybridized carbons (Fsp3) is 0.412. The zero-order valence-electron chi connectivity index (χ0n) is 14.3. The molecule has 0 aromatic carbocycles. The average Bonchev–Trinajstić information content (AvgIpc) is 3.32. The second kappa shape index (κ2) is 6.89. The van der Waals surface area contributed by atoms with E-state index in [0.717, 1.165) is 42.7 Å². The normalized spacial score (nSPS) is 17.0.